The fraction of sp³-hybridized carbons (Fsp3) is 0.476. The van der Waals surface area contributed by atoms with Crippen LogP contribution >= 0.6 is 0 Å². The van der Waals surface area contributed by atoms with Crippen LogP contribution in [0.25, 0.3) is 0 Å². The van der Waals surface area contributed by atoms with Crippen LogP contribution in [0.3, 0.4) is 0 Å². The minimum absolute atomic E-state index is 0.0372. The fourth-order valence-corrected chi connectivity index (χ4v) is 4.01. The van der Waals surface area contributed by atoms with E-state index in [0.717, 1.165) is 44.7 Å². The van der Waals surface area contributed by atoms with E-state index in [4.69, 9.17) is 0 Å². The number of benzene rings is 1. The summed E-state index contributed by atoms with van der Waals surface area (Å²) in [6.07, 6.45) is 3.93. The number of aromatic nitrogens is 2. The number of hydrogen-bond acceptors (Lipinski definition) is 6. The molecule has 0 saturated carbocycles. The van der Waals surface area contributed by atoms with Gasteiger partial charge in [-0.3, -0.25) is 4.79 Å². The van der Waals surface area contributed by atoms with Crippen molar-refractivity contribution in [3.63, 3.8) is 0 Å². The molecule has 4 rings (SSSR count). The van der Waals surface area contributed by atoms with Crippen molar-refractivity contribution in [2.24, 2.45) is 0 Å². The largest absolute Gasteiger partial charge is 0.357 e. The fourth-order valence-electron chi connectivity index (χ4n) is 4.01. The molecule has 2 aromatic rings. The van der Waals surface area contributed by atoms with Gasteiger partial charge in [-0.05, 0) is 56.5 Å². The molecule has 148 valence electrons. The Labute approximate surface area is 166 Å². The Bertz CT molecular complexity index is 849. The number of carbonyl (C=O) groups is 1. The highest BCUT2D eigenvalue weighted by Gasteiger charge is 2.28. The summed E-state index contributed by atoms with van der Waals surface area (Å²) in [5.41, 5.74) is 2.83. The molecule has 1 aromatic heterocycles. The number of nitrogens with one attached hydrogen (secondary N) is 2. The van der Waals surface area contributed by atoms with Gasteiger partial charge in [0, 0.05) is 38.6 Å². The lowest BCUT2D eigenvalue weighted by atomic mass is 9.90. The Hall–Kier alpha value is -2.67. The van der Waals surface area contributed by atoms with Gasteiger partial charge in [-0.2, -0.15) is 4.98 Å². The van der Waals surface area contributed by atoms with Crippen LogP contribution in [0.2, 0.25) is 0 Å². The lowest BCUT2D eigenvalue weighted by Crippen LogP contribution is -2.34. The monoisotopic (exact) mass is 380 g/mol. The Balaban J connectivity index is 1.65. The number of rotatable bonds is 4. The van der Waals surface area contributed by atoms with Gasteiger partial charge < -0.3 is 20.4 Å². The summed E-state index contributed by atoms with van der Waals surface area (Å²) in [7, 11) is 1.98. The molecule has 1 saturated heterocycles. The molecule has 1 fully saturated rings. The van der Waals surface area contributed by atoms with Crippen LogP contribution in [0.1, 0.15) is 41.6 Å². The van der Waals surface area contributed by atoms with Crippen molar-refractivity contribution in [1.29, 1.82) is 0 Å². The number of piperidine rings is 1. The van der Waals surface area contributed by atoms with Crippen molar-refractivity contribution >= 4 is 23.4 Å². The third kappa shape index (κ3) is 3.67. The third-order valence-corrected chi connectivity index (χ3v) is 5.59. The van der Waals surface area contributed by atoms with E-state index >= 15 is 0 Å². The zero-order valence-electron chi connectivity index (χ0n) is 16.6. The van der Waals surface area contributed by atoms with E-state index in [1.165, 1.54) is 5.56 Å². The lowest BCUT2D eigenvalue weighted by Gasteiger charge is -2.26. The first-order valence-corrected chi connectivity index (χ1v) is 10.1. The van der Waals surface area contributed by atoms with Gasteiger partial charge in [0.1, 0.15) is 11.4 Å². The van der Waals surface area contributed by atoms with Gasteiger partial charge in [0.15, 0.2) is 0 Å². The van der Waals surface area contributed by atoms with Crippen molar-refractivity contribution in [3.8, 4) is 0 Å². The lowest BCUT2D eigenvalue weighted by molar-refractivity contribution is 0.0989. The van der Waals surface area contributed by atoms with Crippen molar-refractivity contribution in [3.05, 3.63) is 41.6 Å². The molecule has 1 amide bonds. The van der Waals surface area contributed by atoms with Crippen LogP contribution in [0.4, 0.5) is 17.5 Å². The van der Waals surface area contributed by atoms with Gasteiger partial charge in [0.2, 0.25) is 5.95 Å². The standard InChI is InChI=1S/C21H28N6O/c1-3-23-21-24-14-18-19(25-21)26(2)11-12-27(20(18)28)17-6-4-5-16(13-17)15-7-9-22-10-8-15/h4-6,13-15,22H,3,7-12H2,1-2H3,(H,23,24,25). The normalized spacial score (nSPS) is 18.0. The van der Waals surface area contributed by atoms with E-state index in [1.54, 1.807) is 6.20 Å². The summed E-state index contributed by atoms with van der Waals surface area (Å²) in [4.78, 5) is 26.1. The number of fused-ring (bicyclic) bond motifs is 1. The number of anilines is 3. The molecule has 2 aliphatic rings. The number of amides is 1. The minimum Gasteiger partial charge on any atom is -0.357 e. The molecule has 2 N–H and O–H groups in total. The SMILES string of the molecule is CCNc1ncc2c(n1)N(C)CCN(c1cccc(C3CCNCC3)c1)C2=O. The second-order valence-electron chi connectivity index (χ2n) is 7.46. The minimum atomic E-state index is -0.0372. The molecule has 0 bridgehead atoms. The highest BCUT2D eigenvalue weighted by atomic mass is 16.2. The van der Waals surface area contributed by atoms with Crippen LogP contribution in [0.15, 0.2) is 30.5 Å². The first-order chi connectivity index (χ1) is 13.7. The summed E-state index contributed by atoms with van der Waals surface area (Å²) in [6.45, 7) is 6.20. The molecular formula is C21H28N6O. The highest BCUT2D eigenvalue weighted by Crippen LogP contribution is 2.31. The van der Waals surface area contributed by atoms with Gasteiger partial charge >= 0.3 is 0 Å². The van der Waals surface area contributed by atoms with Gasteiger partial charge in [-0.15, -0.1) is 0 Å². The van der Waals surface area contributed by atoms with Crippen molar-refractivity contribution in [2.45, 2.75) is 25.7 Å². The van der Waals surface area contributed by atoms with E-state index in [1.807, 2.05) is 29.8 Å². The van der Waals surface area contributed by atoms with E-state index in [2.05, 4.69) is 38.8 Å². The average molecular weight is 380 g/mol. The molecule has 0 spiro atoms. The summed E-state index contributed by atoms with van der Waals surface area (Å²) < 4.78 is 0. The van der Waals surface area contributed by atoms with E-state index in [0.29, 0.717) is 29.8 Å². The Morgan fingerprint density at radius 1 is 1.25 bits per heavy atom. The van der Waals surface area contributed by atoms with Crippen LogP contribution < -0.4 is 20.4 Å². The number of nitrogens with zero attached hydrogens (tertiary/aromatic N) is 4. The summed E-state index contributed by atoms with van der Waals surface area (Å²) in [5, 5.41) is 6.54. The third-order valence-electron chi connectivity index (χ3n) is 5.59. The quantitative estimate of drug-likeness (QED) is 0.849. The average Bonchev–Trinajstić information content (AvgIpc) is 2.86. The second-order valence-corrected chi connectivity index (χ2v) is 7.46. The molecule has 0 radical (unpaired) electrons. The summed E-state index contributed by atoms with van der Waals surface area (Å²) >= 11 is 0. The van der Waals surface area contributed by atoms with E-state index in [9.17, 15) is 4.79 Å². The molecule has 0 atom stereocenters. The Morgan fingerprint density at radius 2 is 2.07 bits per heavy atom. The van der Waals surface area contributed by atoms with Gasteiger partial charge in [-0.25, -0.2) is 4.98 Å². The van der Waals surface area contributed by atoms with Crippen LogP contribution in [-0.2, 0) is 0 Å². The first kappa shape index (κ1) is 18.7. The van der Waals surface area contributed by atoms with Crippen LogP contribution in [-0.4, -0.2) is 55.6 Å². The molecule has 3 heterocycles. The zero-order valence-corrected chi connectivity index (χ0v) is 16.6. The molecule has 1 aromatic carbocycles. The molecule has 28 heavy (non-hydrogen) atoms. The topological polar surface area (TPSA) is 73.4 Å². The van der Waals surface area contributed by atoms with Crippen LogP contribution in [0, 0.1) is 0 Å². The Kier molecular flexibility index (Phi) is 5.43. The van der Waals surface area contributed by atoms with Crippen molar-refractivity contribution in [1.82, 2.24) is 15.3 Å². The maximum absolute atomic E-state index is 13.3. The highest BCUT2D eigenvalue weighted by molar-refractivity contribution is 6.09. The maximum atomic E-state index is 13.3. The molecule has 0 unspecified atom stereocenters. The predicted octanol–water partition coefficient (Wildman–Crippen LogP) is 2.47. The molecule has 7 nitrogen and oxygen atoms in total. The van der Waals surface area contributed by atoms with Gasteiger partial charge in [-0.1, -0.05) is 12.1 Å². The molecule has 7 heteroatoms. The smallest absolute Gasteiger partial charge is 0.263 e. The zero-order chi connectivity index (χ0) is 19.5. The predicted molar refractivity (Wildman–Crippen MR) is 112 cm³/mol. The second kappa shape index (κ2) is 8.14. The first-order valence-electron chi connectivity index (χ1n) is 10.1. The van der Waals surface area contributed by atoms with Crippen molar-refractivity contribution < 1.29 is 4.79 Å². The number of hydrogen-bond donors (Lipinski definition) is 2. The number of likely N-dealkylation sites (N-methyl/N-ethyl adjacent to an activating group) is 1. The van der Waals surface area contributed by atoms with Crippen LogP contribution in [0.5, 0.6) is 0 Å². The molecule has 2 aliphatic heterocycles. The Morgan fingerprint density at radius 3 is 2.86 bits per heavy atom. The summed E-state index contributed by atoms with van der Waals surface area (Å²) in [6, 6.07) is 8.47. The maximum Gasteiger partial charge on any atom is 0.263 e. The van der Waals surface area contributed by atoms with Gasteiger partial charge in [0.05, 0.1) is 0 Å². The van der Waals surface area contributed by atoms with Crippen molar-refractivity contribution in [2.75, 3.05) is 54.9 Å². The number of carbonyl (C=O) groups excluding carboxylic acids is 1. The van der Waals surface area contributed by atoms with E-state index < -0.39 is 0 Å². The molecule has 0 aliphatic carbocycles. The van der Waals surface area contributed by atoms with Gasteiger partial charge in [0.25, 0.3) is 5.91 Å². The van der Waals surface area contributed by atoms with E-state index in [-0.39, 0.29) is 5.91 Å². The summed E-state index contributed by atoms with van der Waals surface area (Å²) in [5.74, 6) is 1.77. The molecular weight excluding hydrogens is 352 g/mol.